The van der Waals surface area contributed by atoms with E-state index in [1.807, 2.05) is 12.4 Å². The lowest BCUT2D eigenvalue weighted by atomic mass is 9.83. The van der Waals surface area contributed by atoms with Crippen molar-refractivity contribution in [2.75, 3.05) is 0 Å². The Labute approximate surface area is 275 Å². The van der Waals surface area contributed by atoms with E-state index in [0.29, 0.717) is 5.56 Å². The second-order valence-electron chi connectivity index (χ2n) is 14.4. The summed E-state index contributed by atoms with van der Waals surface area (Å²) >= 11 is 0. The van der Waals surface area contributed by atoms with Gasteiger partial charge >= 0.3 is 0 Å². The van der Waals surface area contributed by atoms with Gasteiger partial charge in [-0.1, -0.05) is 71.9 Å². The minimum absolute atomic E-state index is 0.0249. The summed E-state index contributed by atoms with van der Waals surface area (Å²) in [6, 6.07) is 25.7. The number of fused-ring (bicyclic) bond motifs is 2. The fourth-order valence-electron chi connectivity index (χ4n) is 6.24. The van der Waals surface area contributed by atoms with Crippen LogP contribution in [-0.2, 0) is 10.8 Å². The molecule has 4 aromatic heterocycles. The molecule has 0 saturated carbocycles. The Bertz CT molecular complexity index is 2290. The molecule has 0 aliphatic rings. The van der Waals surface area contributed by atoms with Gasteiger partial charge in [-0.25, -0.2) is 4.98 Å². The third kappa shape index (κ3) is 5.44. The molecule has 0 saturated heterocycles. The average Bonchev–Trinajstić information content (AvgIpc) is 3.44. The summed E-state index contributed by atoms with van der Waals surface area (Å²) in [5.74, 6) is 0.872. The zero-order valence-corrected chi connectivity index (χ0v) is 28.0. The van der Waals surface area contributed by atoms with Crippen LogP contribution in [0, 0.1) is 6.92 Å². The quantitative estimate of drug-likeness (QED) is 0.213. The zero-order chi connectivity index (χ0) is 33.1. The van der Waals surface area contributed by atoms with Gasteiger partial charge in [0.1, 0.15) is 17.1 Å². The molecule has 47 heavy (non-hydrogen) atoms. The second-order valence-corrected chi connectivity index (χ2v) is 14.4. The maximum atomic E-state index is 10.8. The van der Waals surface area contributed by atoms with Gasteiger partial charge in [0.15, 0.2) is 0 Å². The summed E-state index contributed by atoms with van der Waals surface area (Å²) in [5, 5.41) is 11.9. The van der Waals surface area contributed by atoms with Crippen LogP contribution in [0.2, 0.25) is 0 Å². The molecule has 7 rings (SSSR count). The largest absolute Gasteiger partial charge is 0.506 e. The van der Waals surface area contributed by atoms with Gasteiger partial charge in [0.2, 0.25) is 0 Å². The maximum absolute atomic E-state index is 10.8. The highest BCUT2D eigenvalue weighted by Gasteiger charge is 2.22. The highest BCUT2D eigenvalue weighted by Crippen LogP contribution is 2.39. The van der Waals surface area contributed by atoms with Gasteiger partial charge in [-0.05, 0) is 82.5 Å². The fraction of sp³-hybridized carbons (Fsp3) is 0.220. The highest BCUT2D eigenvalue weighted by molar-refractivity contribution is 5.98. The Morgan fingerprint density at radius 2 is 1.38 bits per heavy atom. The van der Waals surface area contributed by atoms with Crippen molar-refractivity contribution in [3.05, 3.63) is 120 Å². The Morgan fingerprint density at radius 1 is 0.638 bits per heavy atom. The topological polar surface area (TPSA) is 76.7 Å². The number of aromatic nitrogens is 5. The molecule has 0 unspecified atom stereocenters. The Balaban J connectivity index is 1.49. The number of benzene rings is 3. The summed E-state index contributed by atoms with van der Waals surface area (Å²) < 4.78 is 2.17. The van der Waals surface area contributed by atoms with Crippen molar-refractivity contribution < 1.29 is 5.11 Å². The number of aryl methyl sites for hydroxylation is 1. The number of hydrogen-bond acceptors (Lipinski definition) is 5. The van der Waals surface area contributed by atoms with Crippen LogP contribution in [0.4, 0.5) is 0 Å². The molecule has 0 fully saturated rings. The van der Waals surface area contributed by atoms with E-state index in [1.54, 1.807) is 18.5 Å². The van der Waals surface area contributed by atoms with Crippen LogP contribution < -0.4 is 0 Å². The van der Waals surface area contributed by atoms with Gasteiger partial charge in [-0.3, -0.25) is 19.5 Å². The third-order valence-electron chi connectivity index (χ3n) is 9.01. The second kappa shape index (κ2) is 11.2. The first-order valence-corrected chi connectivity index (χ1v) is 16.0. The van der Waals surface area contributed by atoms with E-state index in [4.69, 9.17) is 9.97 Å². The monoisotopic (exact) mass is 617 g/mol. The van der Waals surface area contributed by atoms with E-state index in [1.165, 1.54) is 28.3 Å². The lowest BCUT2D eigenvalue weighted by Gasteiger charge is -2.22. The average molecular weight is 618 g/mol. The van der Waals surface area contributed by atoms with E-state index in [-0.39, 0.29) is 16.6 Å². The van der Waals surface area contributed by atoms with E-state index in [0.717, 1.165) is 50.3 Å². The van der Waals surface area contributed by atoms with Gasteiger partial charge in [0.05, 0.1) is 23.4 Å². The van der Waals surface area contributed by atoms with Gasteiger partial charge in [-0.2, -0.15) is 0 Å². The minimum Gasteiger partial charge on any atom is -0.506 e. The number of rotatable bonds is 4. The summed E-state index contributed by atoms with van der Waals surface area (Å²) in [5.41, 5.74) is 11.8. The first-order chi connectivity index (χ1) is 22.4. The predicted molar refractivity (Wildman–Crippen MR) is 192 cm³/mol. The summed E-state index contributed by atoms with van der Waals surface area (Å²) in [6.45, 7) is 15.6. The third-order valence-corrected chi connectivity index (χ3v) is 9.01. The first-order valence-electron chi connectivity index (χ1n) is 16.0. The van der Waals surface area contributed by atoms with Crippen molar-refractivity contribution in [1.82, 2.24) is 24.5 Å². The minimum atomic E-state index is -0.0298. The summed E-state index contributed by atoms with van der Waals surface area (Å²) in [7, 11) is 0. The van der Waals surface area contributed by atoms with Crippen molar-refractivity contribution in [2.45, 2.75) is 59.3 Å². The van der Waals surface area contributed by atoms with Crippen molar-refractivity contribution in [3.63, 3.8) is 0 Å². The molecular weight excluding hydrogens is 578 g/mol. The summed E-state index contributed by atoms with van der Waals surface area (Å²) in [4.78, 5) is 18.9. The molecule has 3 aromatic carbocycles. The molecule has 0 aliphatic carbocycles. The Hall–Kier alpha value is -5.36. The molecule has 234 valence electrons. The molecule has 0 bridgehead atoms. The predicted octanol–water partition coefficient (Wildman–Crippen LogP) is 9.97. The van der Waals surface area contributed by atoms with Gasteiger partial charge < -0.3 is 5.11 Å². The van der Waals surface area contributed by atoms with E-state index >= 15 is 0 Å². The van der Waals surface area contributed by atoms with Gasteiger partial charge in [-0.15, -0.1) is 0 Å². The lowest BCUT2D eigenvalue weighted by molar-refractivity contribution is 0.475. The molecule has 0 atom stereocenters. The number of aromatic hydroxyl groups is 1. The molecule has 6 nitrogen and oxygen atoms in total. The SMILES string of the molecule is Cc1ccnc2c(-c3cccc(-c4nc5c(-c6ccncc6O)cncc5n4-c4ccc(C(C)(C)C)cc4)c3)cc(C(C)(C)C)cc12. The molecule has 0 radical (unpaired) electrons. The van der Waals surface area contributed by atoms with E-state index < -0.39 is 0 Å². The molecule has 0 amide bonds. The van der Waals surface area contributed by atoms with Gasteiger partial charge in [0, 0.05) is 51.9 Å². The van der Waals surface area contributed by atoms with Crippen LogP contribution in [0.3, 0.4) is 0 Å². The van der Waals surface area contributed by atoms with Crippen LogP contribution in [0.25, 0.3) is 61.3 Å². The molecule has 0 spiro atoms. The zero-order valence-electron chi connectivity index (χ0n) is 28.0. The molecule has 1 N–H and O–H groups in total. The number of hydrogen-bond donors (Lipinski definition) is 1. The van der Waals surface area contributed by atoms with Crippen LogP contribution in [0.15, 0.2) is 104 Å². The molecule has 6 heteroatoms. The first kappa shape index (κ1) is 30.3. The van der Waals surface area contributed by atoms with Crippen LogP contribution in [-0.4, -0.2) is 29.6 Å². The van der Waals surface area contributed by atoms with Crippen molar-refractivity contribution in [3.8, 4) is 45.1 Å². The fourth-order valence-corrected chi connectivity index (χ4v) is 6.24. The molecular formula is C41H39N5O. The van der Waals surface area contributed by atoms with E-state index in [9.17, 15) is 5.11 Å². The van der Waals surface area contributed by atoms with Crippen LogP contribution in [0.1, 0.15) is 58.2 Å². The number of imidazole rings is 1. The van der Waals surface area contributed by atoms with Crippen LogP contribution in [0.5, 0.6) is 5.75 Å². The van der Waals surface area contributed by atoms with Gasteiger partial charge in [0.25, 0.3) is 0 Å². The standard InChI is InChI=1S/C41H39N5O/c1-25-15-18-44-37-32(25)20-29(41(5,6)7)21-33(37)26-9-8-10-27(19-26)39-45-38-34(31-16-17-42-24-36(31)47)22-43-23-35(38)46(39)30-13-11-28(12-14-30)40(2,3)4/h8-24,47H,1-7H3. The number of nitrogens with zero attached hydrogens (tertiary/aromatic N) is 5. The number of pyridine rings is 3. The molecule has 0 aliphatic heterocycles. The lowest BCUT2D eigenvalue weighted by Crippen LogP contribution is -2.11. The van der Waals surface area contributed by atoms with E-state index in [2.05, 4.69) is 130 Å². The van der Waals surface area contributed by atoms with Crippen molar-refractivity contribution >= 4 is 21.9 Å². The molecule has 7 aromatic rings. The highest BCUT2D eigenvalue weighted by atomic mass is 16.3. The van der Waals surface area contributed by atoms with Crippen molar-refractivity contribution in [1.29, 1.82) is 0 Å². The summed E-state index contributed by atoms with van der Waals surface area (Å²) in [6.07, 6.45) is 8.63. The normalized spacial score (nSPS) is 12.2. The molecule has 4 heterocycles. The van der Waals surface area contributed by atoms with Crippen LogP contribution >= 0.6 is 0 Å². The smallest absolute Gasteiger partial charge is 0.145 e. The maximum Gasteiger partial charge on any atom is 0.145 e. The van der Waals surface area contributed by atoms with Crippen molar-refractivity contribution in [2.24, 2.45) is 0 Å². The Kier molecular flexibility index (Phi) is 7.20. The Morgan fingerprint density at radius 3 is 2.11 bits per heavy atom.